The number of benzene rings is 3. The summed E-state index contributed by atoms with van der Waals surface area (Å²) in [7, 11) is 0. The van der Waals surface area contributed by atoms with Crippen molar-refractivity contribution < 1.29 is 18.7 Å². The van der Waals surface area contributed by atoms with E-state index in [4.69, 9.17) is 9.15 Å². The molecule has 0 spiro atoms. The average molecular weight is 427 g/mol. The Morgan fingerprint density at radius 2 is 1.78 bits per heavy atom. The third-order valence-corrected chi connectivity index (χ3v) is 5.35. The predicted molar refractivity (Wildman–Crippen MR) is 122 cm³/mol. The molecule has 32 heavy (non-hydrogen) atoms. The molecule has 1 unspecified atom stereocenters. The normalized spacial score (nSPS) is 15.3. The number of nitrogens with one attached hydrogen (secondary N) is 1. The van der Waals surface area contributed by atoms with Gasteiger partial charge in [-0.1, -0.05) is 24.3 Å². The first-order chi connectivity index (χ1) is 15.6. The zero-order valence-corrected chi connectivity index (χ0v) is 17.4. The fourth-order valence-electron chi connectivity index (χ4n) is 3.72. The number of rotatable bonds is 5. The van der Waals surface area contributed by atoms with Gasteiger partial charge in [0.2, 0.25) is 11.8 Å². The van der Waals surface area contributed by atoms with Crippen molar-refractivity contribution in [2.75, 3.05) is 16.8 Å². The van der Waals surface area contributed by atoms with Gasteiger partial charge in [-0.25, -0.2) is 4.98 Å². The van der Waals surface area contributed by atoms with Gasteiger partial charge in [-0.05, 0) is 55.5 Å². The van der Waals surface area contributed by atoms with Crippen molar-refractivity contribution in [3.8, 4) is 17.2 Å². The second-order valence-electron chi connectivity index (χ2n) is 7.58. The van der Waals surface area contributed by atoms with Crippen LogP contribution in [0, 0.1) is 0 Å². The van der Waals surface area contributed by atoms with E-state index in [0.29, 0.717) is 23.0 Å². The maximum absolute atomic E-state index is 12.6. The molecule has 1 N–H and O–H groups in total. The molecule has 0 radical (unpaired) electrons. The molecule has 3 aromatic carbocycles. The van der Waals surface area contributed by atoms with Crippen LogP contribution < -0.4 is 15.0 Å². The van der Waals surface area contributed by atoms with Crippen LogP contribution >= 0.6 is 0 Å². The Balaban J connectivity index is 1.23. The van der Waals surface area contributed by atoms with E-state index < -0.39 is 6.10 Å². The Bertz CT molecular complexity index is 1260. The molecule has 0 aliphatic carbocycles. The molecule has 1 aliphatic heterocycles. The first-order valence-corrected chi connectivity index (χ1v) is 10.4. The van der Waals surface area contributed by atoms with E-state index in [2.05, 4.69) is 10.3 Å². The molecule has 1 aliphatic rings. The number of hydrogen-bond acceptors (Lipinski definition) is 5. The second kappa shape index (κ2) is 8.19. The van der Waals surface area contributed by atoms with Crippen molar-refractivity contribution in [2.45, 2.75) is 19.4 Å². The molecule has 2 heterocycles. The topological polar surface area (TPSA) is 84.7 Å². The van der Waals surface area contributed by atoms with Crippen LogP contribution in [-0.2, 0) is 9.59 Å². The molecule has 2 amide bonds. The van der Waals surface area contributed by atoms with Gasteiger partial charge in [0.1, 0.15) is 11.3 Å². The van der Waals surface area contributed by atoms with Crippen LogP contribution in [0.15, 0.2) is 77.2 Å². The van der Waals surface area contributed by atoms with Crippen molar-refractivity contribution in [1.29, 1.82) is 0 Å². The Kier molecular flexibility index (Phi) is 5.07. The minimum Gasteiger partial charge on any atom is -0.479 e. The SMILES string of the molecule is CC1Oc2ccccc2N(CCC(=O)Nc2ccc(-c3nc4ccccc4o3)cc2)C1=O. The number of carbonyl (C=O) groups is 2. The van der Waals surface area contributed by atoms with Gasteiger partial charge in [0, 0.05) is 24.2 Å². The summed E-state index contributed by atoms with van der Waals surface area (Å²) in [4.78, 5) is 31.2. The van der Waals surface area contributed by atoms with Gasteiger partial charge >= 0.3 is 0 Å². The quantitative estimate of drug-likeness (QED) is 0.502. The summed E-state index contributed by atoms with van der Waals surface area (Å²) >= 11 is 0. The monoisotopic (exact) mass is 427 g/mol. The van der Waals surface area contributed by atoms with E-state index in [1.54, 1.807) is 24.0 Å². The summed E-state index contributed by atoms with van der Waals surface area (Å²) in [6.45, 7) is 1.99. The number of para-hydroxylation sites is 4. The maximum Gasteiger partial charge on any atom is 0.267 e. The number of anilines is 2. The van der Waals surface area contributed by atoms with E-state index in [1.165, 1.54) is 0 Å². The lowest BCUT2D eigenvalue weighted by atomic mass is 10.1. The zero-order chi connectivity index (χ0) is 22.1. The second-order valence-corrected chi connectivity index (χ2v) is 7.58. The Labute approximate surface area is 184 Å². The van der Waals surface area contributed by atoms with Crippen LogP contribution in [0.3, 0.4) is 0 Å². The molecule has 0 saturated carbocycles. The van der Waals surface area contributed by atoms with E-state index in [0.717, 1.165) is 16.7 Å². The van der Waals surface area contributed by atoms with Gasteiger partial charge in [-0.15, -0.1) is 0 Å². The van der Waals surface area contributed by atoms with Crippen LogP contribution in [0.2, 0.25) is 0 Å². The van der Waals surface area contributed by atoms with Crippen molar-refractivity contribution >= 4 is 34.3 Å². The highest BCUT2D eigenvalue weighted by atomic mass is 16.5. The Morgan fingerprint density at radius 1 is 1.03 bits per heavy atom. The van der Waals surface area contributed by atoms with Crippen molar-refractivity contribution in [3.05, 3.63) is 72.8 Å². The third kappa shape index (κ3) is 3.80. The number of hydrogen-bond donors (Lipinski definition) is 1. The Hall–Kier alpha value is -4.13. The van der Waals surface area contributed by atoms with Gasteiger partial charge in [-0.2, -0.15) is 0 Å². The number of oxazole rings is 1. The molecule has 5 rings (SSSR count). The van der Waals surface area contributed by atoms with Crippen LogP contribution in [0.25, 0.3) is 22.6 Å². The summed E-state index contributed by atoms with van der Waals surface area (Å²) in [6, 6.07) is 22.2. The Morgan fingerprint density at radius 3 is 2.59 bits per heavy atom. The van der Waals surface area contributed by atoms with Gasteiger partial charge in [0.05, 0.1) is 5.69 Å². The van der Waals surface area contributed by atoms with Crippen molar-refractivity contribution in [2.24, 2.45) is 0 Å². The number of amides is 2. The number of nitrogens with zero attached hydrogens (tertiary/aromatic N) is 2. The molecule has 7 heteroatoms. The lowest BCUT2D eigenvalue weighted by molar-refractivity contribution is -0.125. The zero-order valence-electron chi connectivity index (χ0n) is 17.4. The van der Waals surface area contributed by atoms with Crippen molar-refractivity contribution in [3.63, 3.8) is 0 Å². The molecule has 0 fully saturated rings. The average Bonchev–Trinajstić information content (AvgIpc) is 3.24. The minimum absolute atomic E-state index is 0.154. The molecule has 0 bridgehead atoms. The van der Waals surface area contributed by atoms with E-state index >= 15 is 0 Å². The highest BCUT2D eigenvalue weighted by Gasteiger charge is 2.31. The van der Waals surface area contributed by atoms with Crippen molar-refractivity contribution in [1.82, 2.24) is 4.98 Å². The van der Waals surface area contributed by atoms with E-state index in [-0.39, 0.29) is 24.8 Å². The van der Waals surface area contributed by atoms with Gasteiger partial charge in [0.15, 0.2) is 11.7 Å². The maximum atomic E-state index is 12.6. The minimum atomic E-state index is -0.577. The first kappa shape index (κ1) is 19.8. The number of carbonyl (C=O) groups excluding carboxylic acids is 2. The number of aromatic nitrogens is 1. The molecule has 1 atom stereocenters. The highest BCUT2D eigenvalue weighted by Crippen LogP contribution is 2.33. The number of fused-ring (bicyclic) bond motifs is 2. The summed E-state index contributed by atoms with van der Waals surface area (Å²) in [5.74, 6) is 0.848. The van der Waals surface area contributed by atoms with Crippen LogP contribution in [0.1, 0.15) is 13.3 Å². The smallest absolute Gasteiger partial charge is 0.267 e. The lowest BCUT2D eigenvalue weighted by Crippen LogP contribution is -2.45. The van der Waals surface area contributed by atoms with Crippen LogP contribution in [0.4, 0.5) is 11.4 Å². The first-order valence-electron chi connectivity index (χ1n) is 10.4. The van der Waals surface area contributed by atoms with Gasteiger partial charge in [-0.3, -0.25) is 9.59 Å². The lowest BCUT2D eigenvalue weighted by Gasteiger charge is -2.32. The third-order valence-electron chi connectivity index (χ3n) is 5.35. The largest absolute Gasteiger partial charge is 0.479 e. The summed E-state index contributed by atoms with van der Waals surface area (Å²) in [5, 5.41) is 2.88. The molecule has 160 valence electrons. The molecule has 0 saturated heterocycles. The highest BCUT2D eigenvalue weighted by molar-refractivity contribution is 6.00. The fraction of sp³-hybridized carbons (Fsp3) is 0.160. The van der Waals surface area contributed by atoms with E-state index in [9.17, 15) is 9.59 Å². The number of ether oxygens (including phenoxy) is 1. The molecular formula is C25H21N3O4. The van der Waals surface area contributed by atoms with Gasteiger partial charge in [0.25, 0.3) is 5.91 Å². The van der Waals surface area contributed by atoms with Crippen LogP contribution in [0.5, 0.6) is 5.75 Å². The predicted octanol–water partition coefficient (Wildman–Crippen LogP) is 4.64. The fourth-order valence-corrected chi connectivity index (χ4v) is 3.72. The molecule has 1 aromatic heterocycles. The summed E-state index contributed by atoms with van der Waals surface area (Å²) in [5.41, 5.74) is 3.70. The van der Waals surface area contributed by atoms with Crippen LogP contribution in [-0.4, -0.2) is 29.4 Å². The summed E-state index contributed by atoms with van der Waals surface area (Å²) in [6.07, 6.45) is -0.410. The standard InChI is InChI=1S/C25H21N3O4/c1-16-25(30)28(20-7-3-5-9-22(20)31-16)15-14-23(29)26-18-12-10-17(11-13-18)24-27-19-6-2-4-8-21(19)32-24/h2-13,16H,14-15H2,1H3,(H,26,29). The van der Waals surface area contributed by atoms with E-state index in [1.807, 2.05) is 60.7 Å². The summed E-state index contributed by atoms with van der Waals surface area (Å²) < 4.78 is 11.4. The molecule has 4 aromatic rings. The van der Waals surface area contributed by atoms with Gasteiger partial charge < -0.3 is 19.4 Å². The molecule has 7 nitrogen and oxygen atoms in total. The molecular weight excluding hydrogens is 406 g/mol.